The fourth-order valence-corrected chi connectivity index (χ4v) is 2.03. The summed E-state index contributed by atoms with van der Waals surface area (Å²) in [5.41, 5.74) is 0.0248. The van der Waals surface area contributed by atoms with Gasteiger partial charge in [0.15, 0.2) is 0 Å². The van der Waals surface area contributed by atoms with Gasteiger partial charge in [-0.05, 0) is 12.8 Å². The van der Waals surface area contributed by atoms with Crippen molar-refractivity contribution in [3.63, 3.8) is 0 Å². The largest absolute Gasteiger partial charge is 0.300 e. The van der Waals surface area contributed by atoms with Crippen molar-refractivity contribution in [2.45, 2.75) is 52.9 Å². The Kier molecular flexibility index (Phi) is 4.62. The second-order valence-corrected chi connectivity index (χ2v) is 5.93. The van der Waals surface area contributed by atoms with E-state index < -0.39 is 0 Å². The van der Waals surface area contributed by atoms with Crippen LogP contribution in [-0.4, -0.2) is 16.1 Å². The van der Waals surface area contributed by atoms with Crippen molar-refractivity contribution in [1.29, 1.82) is 0 Å². The summed E-state index contributed by atoms with van der Waals surface area (Å²) in [4.78, 5) is 11.7. The zero-order chi connectivity index (χ0) is 13.1. The lowest BCUT2D eigenvalue weighted by molar-refractivity contribution is -0.119. The molecule has 1 amide bonds. The Morgan fingerprint density at radius 3 is 2.59 bits per heavy atom. The van der Waals surface area contributed by atoms with E-state index in [1.807, 2.05) is 13.8 Å². The SMILES string of the molecule is CCC(C)C(=O)Nc1nnc(C(C)(C)CC)s1. The highest BCUT2D eigenvalue weighted by molar-refractivity contribution is 7.15. The van der Waals surface area contributed by atoms with Gasteiger partial charge in [-0.25, -0.2) is 0 Å². The highest BCUT2D eigenvalue weighted by Gasteiger charge is 2.23. The smallest absolute Gasteiger partial charge is 0.229 e. The highest BCUT2D eigenvalue weighted by Crippen LogP contribution is 2.31. The van der Waals surface area contributed by atoms with Crippen LogP contribution in [0.4, 0.5) is 5.13 Å². The number of nitrogens with one attached hydrogen (secondary N) is 1. The number of amides is 1. The van der Waals surface area contributed by atoms with Crippen LogP contribution in [0, 0.1) is 5.92 Å². The lowest BCUT2D eigenvalue weighted by Crippen LogP contribution is -2.19. The molecule has 1 aromatic heterocycles. The zero-order valence-corrected chi connectivity index (χ0v) is 12.0. The minimum atomic E-state index is 0.0153. The summed E-state index contributed by atoms with van der Waals surface area (Å²) in [5, 5.41) is 12.6. The summed E-state index contributed by atoms with van der Waals surface area (Å²) >= 11 is 1.47. The minimum Gasteiger partial charge on any atom is -0.300 e. The fourth-order valence-electron chi connectivity index (χ4n) is 1.11. The number of hydrogen-bond acceptors (Lipinski definition) is 4. The van der Waals surface area contributed by atoms with Crippen LogP contribution in [0.5, 0.6) is 0 Å². The van der Waals surface area contributed by atoms with E-state index in [0.717, 1.165) is 17.8 Å². The Bertz CT molecular complexity index is 387. The van der Waals surface area contributed by atoms with Crippen molar-refractivity contribution in [3.8, 4) is 0 Å². The number of rotatable bonds is 5. The van der Waals surface area contributed by atoms with Gasteiger partial charge >= 0.3 is 0 Å². The van der Waals surface area contributed by atoms with Crippen LogP contribution in [0.1, 0.15) is 52.5 Å². The summed E-state index contributed by atoms with van der Waals surface area (Å²) in [6, 6.07) is 0. The van der Waals surface area contributed by atoms with E-state index in [-0.39, 0.29) is 17.2 Å². The molecule has 0 saturated carbocycles. The van der Waals surface area contributed by atoms with Crippen molar-refractivity contribution in [1.82, 2.24) is 10.2 Å². The second kappa shape index (κ2) is 5.58. The van der Waals surface area contributed by atoms with Gasteiger partial charge in [0, 0.05) is 11.3 Å². The monoisotopic (exact) mass is 255 g/mol. The summed E-state index contributed by atoms with van der Waals surface area (Å²) < 4.78 is 0. The number of carbonyl (C=O) groups is 1. The van der Waals surface area contributed by atoms with E-state index in [4.69, 9.17) is 0 Å². The standard InChI is InChI=1S/C12H21N3OS/c1-6-8(3)9(16)13-11-15-14-10(17-11)12(4,5)7-2/h8H,6-7H2,1-5H3,(H,13,15,16). The molecule has 0 aliphatic carbocycles. The van der Waals surface area contributed by atoms with Gasteiger partial charge in [-0.2, -0.15) is 0 Å². The maximum Gasteiger partial charge on any atom is 0.229 e. The van der Waals surface area contributed by atoms with E-state index in [1.165, 1.54) is 11.3 Å². The normalized spacial score (nSPS) is 13.5. The zero-order valence-electron chi connectivity index (χ0n) is 11.2. The van der Waals surface area contributed by atoms with Gasteiger partial charge in [-0.15, -0.1) is 10.2 Å². The first-order valence-corrected chi connectivity index (χ1v) is 6.87. The summed E-state index contributed by atoms with van der Waals surface area (Å²) in [5.74, 6) is 0.0334. The average molecular weight is 255 g/mol. The van der Waals surface area contributed by atoms with Crippen molar-refractivity contribution in [2.24, 2.45) is 5.92 Å². The van der Waals surface area contributed by atoms with Gasteiger partial charge in [0.2, 0.25) is 11.0 Å². The fraction of sp³-hybridized carbons (Fsp3) is 0.750. The van der Waals surface area contributed by atoms with Crippen LogP contribution < -0.4 is 5.32 Å². The number of nitrogens with zero attached hydrogens (tertiary/aromatic N) is 2. The van der Waals surface area contributed by atoms with Gasteiger partial charge in [0.25, 0.3) is 0 Å². The van der Waals surface area contributed by atoms with Gasteiger partial charge in [0.05, 0.1) is 0 Å². The maximum atomic E-state index is 11.7. The molecule has 1 heterocycles. The number of hydrogen-bond donors (Lipinski definition) is 1. The molecule has 1 atom stereocenters. The molecular weight excluding hydrogens is 234 g/mol. The van der Waals surface area contributed by atoms with Crippen LogP contribution in [0.15, 0.2) is 0 Å². The number of aromatic nitrogens is 2. The van der Waals surface area contributed by atoms with Crippen LogP contribution in [0.25, 0.3) is 0 Å². The molecule has 0 fully saturated rings. The molecule has 0 bridgehead atoms. The minimum absolute atomic E-state index is 0.0153. The van der Waals surface area contributed by atoms with E-state index in [0.29, 0.717) is 5.13 Å². The average Bonchev–Trinajstić information content (AvgIpc) is 2.77. The molecule has 5 heteroatoms. The first-order valence-electron chi connectivity index (χ1n) is 6.05. The van der Waals surface area contributed by atoms with Gasteiger partial charge in [0.1, 0.15) is 5.01 Å². The third kappa shape index (κ3) is 3.49. The van der Waals surface area contributed by atoms with E-state index in [9.17, 15) is 4.79 Å². The molecule has 1 unspecified atom stereocenters. The molecule has 1 N–H and O–H groups in total. The maximum absolute atomic E-state index is 11.7. The lowest BCUT2D eigenvalue weighted by Gasteiger charge is -2.17. The van der Waals surface area contributed by atoms with Crippen molar-refractivity contribution >= 4 is 22.4 Å². The quantitative estimate of drug-likeness (QED) is 0.879. The Labute approximate surface area is 107 Å². The Hall–Kier alpha value is -0.970. The second-order valence-electron chi connectivity index (χ2n) is 4.95. The molecule has 0 radical (unpaired) electrons. The van der Waals surface area contributed by atoms with Gasteiger partial charge < -0.3 is 5.32 Å². The molecule has 0 spiro atoms. The van der Waals surface area contributed by atoms with Crippen molar-refractivity contribution in [2.75, 3.05) is 5.32 Å². The van der Waals surface area contributed by atoms with Crippen LogP contribution >= 0.6 is 11.3 Å². The molecule has 0 aromatic carbocycles. The van der Waals surface area contributed by atoms with Crippen molar-refractivity contribution < 1.29 is 4.79 Å². The molecule has 1 aromatic rings. The molecule has 0 saturated heterocycles. The van der Waals surface area contributed by atoms with Crippen molar-refractivity contribution in [3.05, 3.63) is 5.01 Å². The highest BCUT2D eigenvalue weighted by atomic mass is 32.1. The Morgan fingerprint density at radius 1 is 1.41 bits per heavy atom. The summed E-state index contributed by atoms with van der Waals surface area (Å²) in [6.45, 7) is 10.3. The van der Waals surface area contributed by atoms with Crippen LogP contribution in [0.3, 0.4) is 0 Å². The third-order valence-electron chi connectivity index (χ3n) is 3.18. The van der Waals surface area contributed by atoms with Gasteiger partial charge in [-0.3, -0.25) is 4.79 Å². The first kappa shape index (κ1) is 14.1. The van der Waals surface area contributed by atoms with Crippen LogP contribution in [0.2, 0.25) is 0 Å². The third-order valence-corrected chi connectivity index (χ3v) is 4.38. The lowest BCUT2D eigenvalue weighted by atomic mass is 9.91. The molecule has 17 heavy (non-hydrogen) atoms. The molecule has 0 aliphatic heterocycles. The molecular formula is C12H21N3OS. The first-order chi connectivity index (χ1) is 7.90. The molecule has 0 aliphatic rings. The molecule has 4 nitrogen and oxygen atoms in total. The van der Waals surface area contributed by atoms with Gasteiger partial charge in [-0.1, -0.05) is 46.0 Å². The van der Waals surface area contributed by atoms with Crippen LogP contribution in [-0.2, 0) is 10.2 Å². The number of carbonyl (C=O) groups excluding carboxylic acids is 1. The summed E-state index contributed by atoms with van der Waals surface area (Å²) in [6.07, 6.45) is 1.83. The predicted octanol–water partition coefficient (Wildman–Crippen LogP) is 3.21. The van der Waals surface area contributed by atoms with E-state index >= 15 is 0 Å². The molecule has 1 rings (SSSR count). The Morgan fingerprint density at radius 2 is 2.06 bits per heavy atom. The topological polar surface area (TPSA) is 54.9 Å². The van der Waals surface area contributed by atoms with E-state index in [1.54, 1.807) is 0 Å². The number of anilines is 1. The molecule has 96 valence electrons. The predicted molar refractivity (Wildman–Crippen MR) is 71.3 cm³/mol. The summed E-state index contributed by atoms with van der Waals surface area (Å²) in [7, 11) is 0. The van der Waals surface area contributed by atoms with E-state index in [2.05, 4.69) is 36.3 Å². The Balaban J connectivity index is 2.73.